The van der Waals surface area contributed by atoms with Crippen LogP contribution in [0.15, 0.2) is 6.20 Å². The summed E-state index contributed by atoms with van der Waals surface area (Å²) in [6, 6.07) is 0.494. The molecule has 1 rings (SSSR count). The van der Waals surface area contributed by atoms with Crippen molar-refractivity contribution in [2.24, 2.45) is 0 Å². The SMILES string of the molecule is CCCOCc1ncc(CNC(C)C)[nH]1. The molecule has 1 heterocycles. The van der Waals surface area contributed by atoms with E-state index in [1.165, 1.54) is 0 Å². The summed E-state index contributed by atoms with van der Waals surface area (Å²) in [6.45, 7) is 8.55. The summed E-state index contributed by atoms with van der Waals surface area (Å²) in [5.74, 6) is 0.906. The van der Waals surface area contributed by atoms with Gasteiger partial charge in [0.15, 0.2) is 0 Å². The lowest BCUT2D eigenvalue weighted by molar-refractivity contribution is 0.116. The molecule has 4 heteroatoms. The summed E-state index contributed by atoms with van der Waals surface area (Å²) in [6.07, 6.45) is 2.91. The molecule has 1 aromatic heterocycles. The summed E-state index contributed by atoms with van der Waals surface area (Å²) in [5.41, 5.74) is 1.11. The minimum atomic E-state index is 0.494. The van der Waals surface area contributed by atoms with E-state index in [4.69, 9.17) is 4.74 Å². The van der Waals surface area contributed by atoms with Gasteiger partial charge in [-0.1, -0.05) is 20.8 Å². The van der Waals surface area contributed by atoms with Crippen molar-refractivity contribution in [2.45, 2.75) is 46.4 Å². The molecular formula is C11H21N3O. The van der Waals surface area contributed by atoms with Gasteiger partial charge in [-0.2, -0.15) is 0 Å². The van der Waals surface area contributed by atoms with E-state index in [1.807, 2.05) is 6.20 Å². The number of nitrogens with one attached hydrogen (secondary N) is 2. The average Bonchev–Trinajstić information content (AvgIpc) is 2.63. The zero-order valence-electron chi connectivity index (χ0n) is 9.84. The molecule has 0 saturated heterocycles. The van der Waals surface area contributed by atoms with Gasteiger partial charge in [-0.3, -0.25) is 0 Å². The van der Waals surface area contributed by atoms with E-state index in [-0.39, 0.29) is 0 Å². The van der Waals surface area contributed by atoms with Crippen LogP contribution in [0, 0.1) is 0 Å². The van der Waals surface area contributed by atoms with Gasteiger partial charge in [-0.05, 0) is 6.42 Å². The van der Waals surface area contributed by atoms with Crippen molar-refractivity contribution in [3.63, 3.8) is 0 Å². The number of imidazole rings is 1. The lowest BCUT2D eigenvalue weighted by atomic mass is 10.4. The predicted octanol–water partition coefficient (Wildman–Crippen LogP) is 1.83. The second-order valence-corrected chi connectivity index (χ2v) is 3.94. The van der Waals surface area contributed by atoms with Crippen LogP contribution in [0.1, 0.15) is 38.7 Å². The van der Waals surface area contributed by atoms with Crippen LogP contribution in [0.2, 0.25) is 0 Å². The predicted molar refractivity (Wildman–Crippen MR) is 60.5 cm³/mol. The third-order valence-corrected chi connectivity index (χ3v) is 1.97. The highest BCUT2D eigenvalue weighted by molar-refractivity contribution is 5.00. The zero-order valence-corrected chi connectivity index (χ0v) is 9.84. The Labute approximate surface area is 91.4 Å². The van der Waals surface area contributed by atoms with Crippen LogP contribution in [0.25, 0.3) is 0 Å². The monoisotopic (exact) mass is 211 g/mol. The van der Waals surface area contributed by atoms with Crippen molar-refractivity contribution in [1.29, 1.82) is 0 Å². The van der Waals surface area contributed by atoms with E-state index < -0.39 is 0 Å². The van der Waals surface area contributed by atoms with Crippen molar-refractivity contribution in [1.82, 2.24) is 15.3 Å². The number of aromatic amines is 1. The highest BCUT2D eigenvalue weighted by atomic mass is 16.5. The van der Waals surface area contributed by atoms with Gasteiger partial charge >= 0.3 is 0 Å². The molecular weight excluding hydrogens is 190 g/mol. The molecule has 0 atom stereocenters. The first-order valence-electron chi connectivity index (χ1n) is 5.56. The molecule has 0 aromatic carbocycles. The Morgan fingerprint density at radius 3 is 3.00 bits per heavy atom. The molecule has 0 amide bonds. The second kappa shape index (κ2) is 6.58. The lowest BCUT2D eigenvalue weighted by Gasteiger charge is -2.05. The van der Waals surface area contributed by atoms with Crippen LogP contribution in [0.5, 0.6) is 0 Å². The van der Waals surface area contributed by atoms with Gasteiger partial charge in [-0.15, -0.1) is 0 Å². The van der Waals surface area contributed by atoms with Crippen LogP contribution >= 0.6 is 0 Å². The minimum absolute atomic E-state index is 0.494. The first kappa shape index (κ1) is 12.2. The molecule has 2 N–H and O–H groups in total. The average molecular weight is 211 g/mol. The third-order valence-electron chi connectivity index (χ3n) is 1.97. The highest BCUT2D eigenvalue weighted by Crippen LogP contribution is 1.99. The molecule has 86 valence electrons. The van der Waals surface area contributed by atoms with Gasteiger partial charge in [0, 0.05) is 31.1 Å². The van der Waals surface area contributed by atoms with Gasteiger partial charge < -0.3 is 15.0 Å². The van der Waals surface area contributed by atoms with E-state index >= 15 is 0 Å². The Bertz CT molecular complexity index is 271. The maximum atomic E-state index is 5.39. The van der Waals surface area contributed by atoms with Gasteiger partial charge in [0.1, 0.15) is 12.4 Å². The van der Waals surface area contributed by atoms with Crippen molar-refractivity contribution in [2.75, 3.05) is 6.61 Å². The maximum Gasteiger partial charge on any atom is 0.132 e. The second-order valence-electron chi connectivity index (χ2n) is 3.94. The Balaban J connectivity index is 2.29. The molecule has 4 nitrogen and oxygen atoms in total. The molecule has 0 spiro atoms. The molecule has 0 aliphatic carbocycles. The van der Waals surface area contributed by atoms with Gasteiger partial charge in [0.05, 0.1) is 0 Å². The number of hydrogen-bond donors (Lipinski definition) is 2. The molecule has 0 aliphatic heterocycles. The van der Waals surface area contributed by atoms with Crippen molar-refractivity contribution in [3.8, 4) is 0 Å². The van der Waals surface area contributed by atoms with E-state index in [1.54, 1.807) is 0 Å². The first-order chi connectivity index (χ1) is 7.22. The number of rotatable bonds is 7. The van der Waals surface area contributed by atoms with Crippen LogP contribution in [-0.2, 0) is 17.9 Å². The molecule has 0 unspecified atom stereocenters. The third kappa shape index (κ3) is 4.95. The van der Waals surface area contributed by atoms with E-state index in [2.05, 4.69) is 36.1 Å². The largest absolute Gasteiger partial charge is 0.374 e. The Morgan fingerprint density at radius 2 is 2.33 bits per heavy atom. The van der Waals surface area contributed by atoms with Gasteiger partial charge in [0.25, 0.3) is 0 Å². The quantitative estimate of drug-likeness (QED) is 0.676. The standard InChI is InChI=1S/C11H21N3O/c1-4-5-15-8-11-13-7-10(14-11)6-12-9(2)3/h7,9,12H,4-6,8H2,1-3H3,(H,13,14). The van der Waals surface area contributed by atoms with E-state index in [0.29, 0.717) is 12.6 Å². The smallest absolute Gasteiger partial charge is 0.132 e. The normalized spacial score (nSPS) is 11.2. The maximum absolute atomic E-state index is 5.39. The van der Waals surface area contributed by atoms with Crippen molar-refractivity contribution < 1.29 is 4.74 Å². The molecule has 1 aromatic rings. The Hall–Kier alpha value is -0.870. The first-order valence-corrected chi connectivity index (χ1v) is 5.56. The minimum Gasteiger partial charge on any atom is -0.374 e. The molecule has 0 bridgehead atoms. The zero-order chi connectivity index (χ0) is 11.1. The van der Waals surface area contributed by atoms with Crippen LogP contribution in [0.4, 0.5) is 0 Å². The Morgan fingerprint density at radius 1 is 1.53 bits per heavy atom. The van der Waals surface area contributed by atoms with Crippen molar-refractivity contribution in [3.05, 3.63) is 17.7 Å². The fourth-order valence-electron chi connectivity index (χ4n) is 1.20. The lowest BCUT2D eigenvalue weighted by Crippen LogP contribution is -2.21. The summed E-state index contributed by atoms with van der Waals surface area (Å²) in [7, 11) is 0. The fraction of sp³-hybridized carbons (Fsp3) is 0.727. The number of ether oxygens (including phenoxy) is 1. The fourth-order valence-corrected chi connectivity index (χ4v) is 1.20. The number of hydrogen-bond acceptors (Lipinski definition) is 3. The van der Waals surface area contributed by atoms with Crippen LogP contribution < -0.4 is 5.32 Å². The molecule has 15 heavy (non-hydrogen) atoms. The highest BCUT2D eigenvalue weighted by Gasteiger charge is 2.01. The van der Waals surface area contributed by atoms with Crippen LogP contribution in [0.3, 0.4) is 0 Å². The molecule has 0 radical (unpaired) electrons. The summed E-state index contributed by atoms with van der Waals surface area (Å²) in [4.78, 5) is 7.47. The molecule has 0 fully saturated rings. The molecule has 0 saturated carbocycles. The number of aromatic nitrogens is 2. The van der Waals surface area contributed by atoms with Gasteiger partial charge in [0.2, 0.25) is 0 Å². The molecule has 0 aliphatic rings. The number of H-pyrrole nitrogens is 1. The number of nitrogens with zero attached hydrogens (tertiary/aromatic N) is 1. The van der Waals surface area contributed by atoms with E-state index in [9.17, 15) is 0 Å². The van der Waals surface area contributed by atoms with Gasteiger partial charge in [-0.25, -0.2) is 4.98 Å². The summed E-state index contributed by atoms with van der Waals surface area (Å²) < 4.78 is 5.39. The van der Waals surface area contributed by atoms with E-state index in [0.717, 1.165) is 31.1 Å². The summed E-state index contributed by atoms with van der Waals surface area (Å²) in [5, 5.41) is 3.33. The van der Waals surface area contributed by atoms with Crippen LogP contribution in [-0.4, -0.2) is 22.6 Å². The topological polar surface area (TPSA) is 49.9 Å². The summed E-state index contributed by atoms with van der Waals surface area (Å²) >= 11 is 0. The Kier molecular flexibility index (Phi) is 5.36. The van der Waals surface area contributed by atoms with Crippen molar-refractivity contribution >= 4 is 0 Å².